The Hall–Kier alpha value is -1.36. The molecule has 0 saturated heterocycles. The number of likely N-dealkylation sites (N-methyl/N-ethyl adjacent to an activating group) is 1. The Morgan fingerprint density at radius 1 is 1.35 bits per heavy atom. The number of nitrogens with two attached hydrogens (primary N) is 1. The quantitative estimate of drug-likeness (QED) is 0.894. The highest BCUT2D eigenvalue weighted by molar-refractivity contribution is 5.37. The fraction of sp³-hybridized carbons (Fsp3) is 0.733. The molecule has 1 fully saturated rings. The molecule has 2 N–H and O–H groups in total. The van der Waals surface area contributed by atoms with E-state index in [9.17, 15) is 4.79 Å². The molecule has 0 aromatic carbocycles. The van der Waals surface area contributed by atoms with Crippen molar-refractivity contribution in [3.63, 3.8) is 0 Å². The molecule has 1 saturated carbocycles. The van der Waals surface area contributed by atoms with Crippen LogP contribution in [0.15, 0.2) is 17.2 Å². The summed E-state index contributed by atoms with van der Waals surface area (Å²) in [6, 6.07) is 0.331. The molecule has 0 bridgehead atoms. The van der Waals surface area contributed by atoms with Gasteiger partial charge in [0.2, 0.25) is 0 Å². The van der Waals surface area contributed by atoms with Gasteiger partial charge in [0, 0.05) is 37.1 Å². The van der Waals surface area contributed by atoms with Crippen molar-refractivity contribution >= 4 is 5.82 Å². The Labute approximate surface area is 120 Å². The maximum atomic E-state index is 12.6. The van der Waals surface area contributed by atoms with E-state index in [-0.39, 0.29) is 23.2 Å². The molecule has 0 amide bonds. The molecule has 5 nitrogen and oxygen atoms in total. The van der Waals surface area contributed by atoms with Gasteiger partial charge < -0.3 is 15.2 Å². The van der Waals surface area contributed by atoms with Crippen LogP contribution in [0.3, 0.4) is 0 Å². The Bertz CT molecular complexity index is 517. The van der Waals surface area contributed by atoms with Crippen LogP contribution in [-0.4, -0.2) is 28.7 Å². The van der Waals surface area contributed by atoms with Crippen molar-refractivity contribution in [1.29, 1.82) is 0 Å². The van der Waals surface area contributed by atoms with E-state index >= 15 is 0 Å². The normalized spacial score (nSPS) is 23.6. The van der Waals surface area contributed by atoms with Gasteiger partial charge in [0.15, 0.2) is 5.82 Å². The van der Waals surface area contributed by atoms with E-state index in [1.165, 1.54) is 12.8 Å². The lowest BCUT2D eigenvalue weighted by atomic mass is 9.90. The van der Waals surface area contributed by atoms with Gasteiger partial charge in [0.05, 0.1) is 0 Å². The van der Waals surface area contributed by atoms with Crippen LogP contribution in [0.5, 0.6) is 0 Å². The molecule has 0 radical (unpaired) electrons. The summed E-state index contributed by atoms with van der Waals surface area (Å²) in [5, 5.41) is 0. The van der Waals surface area contributed by atoms with E-state index in [2.05, 4.69) is 4.98 Å². The Balaban J connectivity index is 2.35. The van der Waals surface area contributed by atoms with Crippen LogP contribution in [0.4, 0.5) is 5.82 Å². The van der Waals surface area contributed by atoms with Gasteiger partial charge in [-0.3, -0.25) is 4.79 Å². The summed E-state index contributed by atoms with van der Waals surface area (Å²) in [5.41, 5.74) is 5.93. The molecule has 1 aromatic rings. The molecule has 1 heterocycles. The second kappa shape index (κ2) is 5.56. The lowest BCUT2D eigenvalue weighted by Gasteiger charge is -2.36. The molecule has 1 aromatic heterocycles. The largest absolute Gasteiger partial charge is 0.351 e. The highest BCUT2D eigenvalue weighted by atomic mass is 16.1. The standard InChI is InChI=1S/C15H26N4O/c1-15(2,3)19-10-9-17-13(14(19)20)18(4)12-8-6-5-7-11(12)16/h9-12H,5-8,16H2,1-4H3. The minimum atomic E-state index is -0.246. The zero-order chi connectivity index (χ0) is 14.9. The predicted molar refractivity (Wildman–Crippen MR) is 82.1 cm³/mol. The molecule has 2 unspecified atom stereocenters. The van der Waals surface area contributed by atoms with Crippen LogP contribution in [0.25, 0.3) is 0 Å². The highest BCUT2D eigenvalue weighted by Gasteiger charge is 2.28. The third-order valence-electron chi connectivity index (χ3n) is 4.16. The number of rotatable bonds is 2. The average molecular weight is 278 g/mol. The van der Waals surface area contributed by atoms with Gasteiger partial charge in [0.1, 0.15) is 0 Å². The topological polar surface area (TPSA) is 64.2 Å². The molecule has 20 heavy (non-hydrogen) atoms. The molecular formula is C15H26N4O. The van der Waals surface area contributed by atoms with Crippen LogP contribution in [-0.2, 0) is 5.54 Å². The van der Waals surface area contributed by atoms with Gasteiger partial charge >= 0.3 is 0 Å². The van der Waals surface area contributed by atoms with Gasteiger partial charge in [0.25, 0.3) is 5.56 Å². The summed E-state index contributed by atoms with van der Waals surface area (Å²) in [6.07, 6.45) is 7.86. The Morgan fingerprint density at radius 2 is 2.00 bits per heavy atom. The van der Waals surface area contributed by atoms with E-state index in [0.717, 1.165) is 12.8 Å². The summed E-state index contributed by atoms with van der Waals surface area (Å²) in [7, 11) is 1.94. The van der Waals surface area contributed by atoms with E-state index < -0.39 is 0 Å². The third-order valence-corrected chi connectivity index (χ3v) is 4.16. The molecule has 1 aliphatic rings. The first kappa shape index (κ1) is 15.0. The summed E-state index contributed by atoms with van der Waals surface area (Å²) in [4.78, 5) is 18.9. The van der Waals surface area contributed by atoms with Gasteiger partial charge in [-0.05, 0) is 33.6 Å². The van der Waals surface area contributed by atoms with E-state index in [0.29, 0.717) is 5.82 Å². The molecule has 2 atom stereocenters. The van der Waals surface area contributed by atoms with Crippen molar-refractivity contribution in [3.05, 3.63) is 22.7 Å². The maximum Gasteiger partial charge on any atom is 0.293 e. The average Bonchev–Trinajstić information content (AvgIpc) is 2.37. The maximum absolute atomic E-state index is 12.6. The fourth-order valence-electron chi connectivity index (χ4n) is 2.95. The number of nitrogens with zero attached hydrogens (tertiary/aromatic N) is 3. The minimum Gasteiger partial charge on any atom is -0.351 e. The second-order valence-corrected chi connectivity index (χ2v) is 6.72. The first-order chi connectivity index (χ1) is 9.32. The third kappa shape index (κ3) is 2.87. The number of aromatic nitrogens is 2. The van der Waals surface area contributed by atoms with E-state index in [1.54, 1.807) is 17.0 Å². The van der Waals surface area contributed by atoms with Crippen LogP contribution in [0, 0.1) is 0 Å². The van der Waals surface area contributed by atoms with Crippen LogP contribution in [0.2, 0.25) is 0 Å². The molecular weight excluding hydrogens is 252 g/mol. The zero-order valence-electron chi connectivity index (χ0n) is 13.0. The highest BCUT2D eigenvalue weighted by Crippen LogP contribution is 2.23. The van der Waals surface area contributed by atoms with Gasteiger partial charge in [-0.1, -0.05) is 12.8 Å². The van der Waals surface area contributed by atoms with Crippen LogP contribution in [0.1, 0.15) is 46.5 Å². The fourth-order valence-corrected chi connectivity index (χ4v) is 2.95. The second-order valence-electron chi connectivity index (χ2n) is 6.72. The summed E-state index contributed by atoms with van der Waals surface area (Å²) >= 11 is 0. The smallest absolute Gasteiger partial charge is 0.293 e. The molecule has 0 spiro atoms. The Kier molecular flexibility index (Phi) is 4.18. The summed E-state index contributed by atoms with van der Waals surface area (Å²) < 4.78 is 1.74. The lowest BCUT2D eigenvalue weighted by Crippen LogP contribution is -2.50. The van der Waals surface area contributed by atoms with Gasteiger partial charge in [-0.15, -0.1) is 0 Å². The lowest BCUT2D eigenvalue weighted by molar-refractivity contribution is 0.364. The van der Waals surface area contributed by atoms with Crippen LogP contribution < -0.4 is 16.2 Å². The SMILES string of the molecule is CN(c1nccn(C(C)(C)C)c1=O)C1CCCCC1N. The molecule has 2 rings (SSSR count). The Morgan fingerprint density at radius 3 is 2.60 bits per heavy atom. The van der Waals surface area contributed by atoms with Crippen molar-refractivity contribution in [2.45, 2.75) is 64.1 Å². The number of anilines is 1. The number of hydrogen-bond acceptors (Lipinski definition) is 4. The van der Waals surface area contributed by atoms with Gasteiger partial charge in [-0.2, -0.15) is 0 Å². The number of hydrogen-bond donors (Lipinski definition) is 1. The van der Waals surface area contributed by atoms with Crippen LogP contribution >= 0.6 is 0 Å². The zero-order valence-corrected chi connectivity index (χ0v) is 13.0. The van der Waals surface area contributed by atoms with Crippen molar-refractivity contribution in [2.75, 3.05) is 11.9 Å². The van der Waals surface area contributed by atoms with Crippen molar-refractivity contribution in [3.8, 4) is 0 Å². The molecule has 0 aliphatic heterocycles. The van der Waals surface area contributed by atoms with E-state index in [4.69, 9.17) is 5.73 Å². The van der Waals surface area contributed by atoms with E-state index in [1.807, 2.05) is 32.7 Å². The first-order valence-corrected chi connectivity index (χ1v) is 7.39. The van der Waals surface area contributed by atoms with Gasteiger partial charge in [-0.25, -0.2) is 4.98 Å². The summed E-state index contributed by atoms with van der Waals surface area (Å²) in [6.45, 7) is 6.06. The predicted octanol–water partition coefficient (Wildman–Crippen LogP) is 1.70. The molecule has 1 aliphatic carbocycles. The summed E-state index contributed by atoms with van der Waals surface area (Å²) in [5.74, 6) is 0.504. The molecule has 112 valence electrons. The van der Waals surface area contributed by atoms with Crippen molar-refractivity contribution in [2.24, 2.45) is 5.73 Å². The minimum absolute atomic E-state index is 0.0414. The van der Waals surface area contributed by atoms with Crippen molar-refractivity contribution < 1.29 is 0 Å². The molecule has 5 heteroatoms. The van der Waals surface area contributed by atoms with Crippen molar-refractivity contribution in [1.82, 2.24) is 9.55 Å². The first-order valence-electron chi connectivity index (χ1n) is 7.39. The monoisotopic (exact) mass is 278 g/mol.